The molecule has 8 heteroatoms. The van der Waals surface area contributed by atoms with Crippen LogP contribution in [0.2, 0.25) is 5.02 Å². The van der Waals surface area contributed by atoms with Crippen LogP contribution in [0.5, 0.6) is 5.75 Å². The maximum atomic E-state index is 12.7. The third-order valence-corrected chi connectivity index (χ3v) is 3.47. The summed E-state index contributed by atoms with van der Waals surface area (Å²) in [7, 11) is 0. The topological polar surface area (TPSA) is 73.1 Å². The number of benzene rings is 2. The quantitative estimate of drug-likeness (QED) is 0.615. The first-order chi connectivity index (χ1) is 11.7. The second-order valence-corrected chi connectivity index (χ2v) is 5.28. The maximum absolute atomic E-state index is 12.7. The van der Waals surface area contributed by atoms with Gasteiger partial charge in [0.15, 0.2) is 0 Å². The highest BCUT2D eigenvalue weighted by Crippen LogP contribution is 2.34. The van der Waals surface area contributed by atoms with Crippen LogP contribution in [-0.4, -0.2) is 11.0 Å². The lowest BCUT2D eigenvalue weighted by Gasteiger charge is -2.11. The minimum absolute atomic E-state index is 0.110. The zero-order valence-corrected chi connectivity index (χ0v) is 13.2. The number of nitrogens with zero attached hydrogens (tertiary/aromatic N) is 1. The molecule has 0 aliphatic rings. The molecule has 1 amide bonds. The van der Waals surface area contributed by atoms with Crippen molar-refractivity contribution in [3.63, 3.8) is 0 Å². The second kappa shape index (κ2) is 7.28. The first kappa shape index (κ1) is 18.4. The van der Waals surface area contributed by atoms with Crippen molar-refractivity contribution in [2.45, 2.75) is 6.18 Å². The number of nitrogens with one attached hydrogen (secondary N) is 1. The Hall–Kier alpha value is -2.98. The Morgan fingerprint density at radius 1 is 1.24 bits per heavy atom. The van der Waals surface area contributed by atoms with Crippen molar-refractivity contribution in [2.75, 3.05) is 5.32 Å². The van der Waals surface area contributed by atoms with Gasteiger partial charge in [-0.05, 0) is 30.3 Å². The predicted octanol–water partition coefficient (Wildman–Crippen LogP) is 4.61. The highest BCUT2D eigenvalue weighted by Gasteiger charge is 2.31. The van der Waals surface area contributed by atoms with Crippen LogP contribution in [0.1, 0.15) is 11.1 Å². The van der Waals surface area contributed by atoms with E-state index >= 15 is 0 Å². The number of hydrogen-bond acceptors (Lipinski definition) is 3. The number of rotatable bonds is 3. The summed E-state index contributed by atoms with van der Waals surface area (Å²) >= 11 is 5.80. The Bertz CT molecular complexity index is 886. The van der Waals surface area contributed by atoms with Gasteiger partial charge in [-0.2, -0.15) is 18.4 Å². The fourth-order valence-corrected chi connectivity index (χ4v) is 2.07. The molecule has 0 saturated carbocycles. The van der Waals surface area contributed by atoms with Crippen LogP contribution in [0, 0.1) is 11.3 Å². The van der Waals surface area contributed by atoms with Crippen molar-refractivity contribution in [1.29, 1.82) is 5.26 Å². The van der Waals surface area contributed by atoms with E-state index in [4.69, 9.17) is 16.9 Å². The largest absolute Gasteiger partial charge is 0.507 e. The Kier molecular flexibility index (Phi) is 5.35. The van der Waals surface area contributed by atoms with E-state index in [9.17, 15) is 23.1 Å². The zero-order chi connectivity index (χ0) is 18.6. The summed E-state index contributed by atoms with van der Waals surface area (Å²) in [5.41, 5.74) is -1.46. The minimum atomic E-state index is -4.60. The number of aromatic hydroxyl groups is 1. The summed E-state index contributed by atoms with van der Waals surface area (Å²) < 4.78 is 38.2. The monoisotopic (exact) mass is 366 g/mol. The first-order valence-corrected chi connectivity index (χ1v) is 7.18. The lowest BCUT2D eigenvalue weighted by Crippen LogP contribution is -2.15. The molecule has 0 aromatic heterocycles. The van der Waals surface area contributed by atoms with E-state index in [0.29, 0.717) is 6.07 Å². The van der Waals surface area contributed by atoms with Crippen LogP contribution < -0.4 is 5.32 Å². The standard InChI is InChI=1S/C17H10ClF3N2O2/c18-13-6-5-12(17(19,20)21)8-14(13)23-16(25)11(9-22)7-10-3-1-2-4-15(10)24/h1-8,24H,(H,23,25). The maximum Gasteiger partial charge on any atom is 0.416 e. The molecule has 128 valence electrons. The van der Waals surface area contributed by atoms with E-state index in [0.717, 1.165) is 18.2 Å². The molecule has 0 saturated heterocycles. The van der Waals surface area contributed by atoms with E-state index < -0.39 is 23.2 Å². The van der Waals surface area contributed by atoms with Crippen LogP contribution in [0.25, 0.3) is 6.08 Å². The first-order valence-electron chi connectivity index (χ1n) is 6.80. The van der Waals surface area contributed by atoms with Crippen LogP contribution in [0.4, 0.5) is 18.9 Å². The van der Waals surface area contributed by atoms with Gasteiger partial charge < -0.3 is 10.4 Å². The molecule has 0 aliphatic heterocycles. The van der Waals surface area contributed by atoms with Gasteiger partial charge in [0.2, 0.25) is 0 Å². The summed E-state index contributed by atoms with van der Waals surface area (Å²) in [6, 6.07) is 10.1. The van der Waals surface area contributed by atoms with Gasteiger partial charge in [0.1, 0.15) is 17.4 Å². The van der Waals surface area contributed by atoms with Gasteiger partial charge in [-0.15, -0.1) is 0 Å². The Morgan fingerprint density at radius 2 is 1.92 bits per heavy atom. The van der Waals surface area contributed by atoms with Crippen molar-refractivity contribution < 1.29 is 23.1 Å². The lowest BCUT2D eigenvalue weighted by atomic mass is 10.1. The number of para-hydroxylation sites is 1. The lowest BCUT2D eigenvalue weighted by molar-refractivity contribution is -0.137. The molecule has 2 aromatic rings. The van der Waals surface area contributed by atoms with Gasteiger partial charge in [-0.1, -0.05) is 29.8 Å². The number of phenols is 1. The third-order valence-electron chi connectivity index (χ3n) is 3.14. The second-order valence-electron chi connectivity index (χ2n) is 4.88. The summed E-state index contributed by atoms with van der Waals surface area (Å²) in [5.74, 6) is -1.10. The Labute approximate surface area is 145 Å². The van der Waals surface area contributed by atoms with Gasteiger partial charge in [-0.3, -0.25) is 4.79 Å². The van der Waals surface area contributed by atoms with E-state index in [-0.39, 0.29) is 22.0 Å². The van der Waals surface area contributed by atoms with Crippen molar-refractivity contribution >= 4 is 29.3 Å². The van der Waals surface area contributed by atoms with Gasteiger partial charge in [-0.25, -0.2) is 0 Å². The summed E-state index contributed by atoms with van der Waals surface area (Å²) in [6.07, 6.45) is -3.49. The molecule has 0 radical (unpaired) electrons. The molecule has 2 rings (SSSR count). The number of nitriles is 1. The van der Waals surface area contributed by atoms with Crippen molar-refractivity contribution in [3.8, 4) is 11.8 Å². The number of amides is 1. The molecule has 25 heavy (non-hydrogen) atoms. The van der Waals surface area contributed by atoms with E-state index in [1.165, 1.54) is 12.1 Å². The molecule has 4 nitrogen and oxygen atoms in total. The fraction of sp³-hybridized carbons (Fsp3) is 0.0588. The summed E-state index contributed by atoms with van der Waals surface area (Å²) in [6.45, 7) is 0. The normalized spacial score (nSPS) is 11.7. The van der Waals surface area contributed by atoms with Crippen molar-refractivity contribution in [2.24, 2.45) is 0 Å². The van der Waals surface area contributed by atoms with Gasteiger partial charge in [0.05, 0.1) is 16.3 Å². The van der Waals surface area contributed by atoms with Gasteiger partial charge in [0.25, 0.3) is 5.91 Å². The number of carbonyl (C=O) groups is 1. The molecule has 0 fully saturated rings. The Morgan fingerprint density at radius 3 is 2.52 bits per heavy atom. The molecule has 0 aliphatic carbocycles. The number of hydrogen-bond donors (Lipinski definition) is 2. The Balaban J connectivity index is 2.32. The van der Waals surface area contributed by atoms with E-state index in [1.807, 2.05) is 0 Å². The van der Waals surface area contributed by atoms with Crippen LogP contribution in [0.15, 0.2) is 48.0 Å². The number of anilines is 1. The molecule has 0 bridgehead atoms. The molecule has 0 heterocycles. The highest BCUT2D eigenvalue weighted by atomic mass is 35.5. The van der Waals surface area contributed by atoms with Crippen LogP contribution >= 0.6 is 11.6 Å². The molecule has 0 spiro atoms. The molecular formula is C17H10ClF3N2O2. The highest BCUT2D eigenvalue weighted by molar-refractivity contribution is 6.34. The summed E-state index contributed by atoms with van der Waals surface area (Å²) in [4.78, 5) is 12.1. The summed E-state index contributed by atoms with van der Waals surface area (Å²) in [5, 5.41) is 20.8. The van der Waals surface area contributed by atoms with E-state index in [1.54, 1.807) is 18.2 Å². The molecule has 0 unspecified atom stereocenters. The average Bonchev–Trinajstić information content (AvgIpc) is 2.55. The van der Waals surface area contributed by atoms with Crippen LogP contribution in [0.3, 0.4) is 0 Å². The van der Waals surface area contributed by atoms with Gasteiger partial charge in [0, 0.05) is 5.56 Å². The third kappa shape index (κ3) is 4.52. The smallest absolute Gasteiger partial charge is 0.416 e. The molecular weight excluding hydrogens is 357 g/mol. The zero-order valence-electron chi connectivity index (χ0n) is 12.4. The van der Waals surface area contributed by atoms with Gasteiger partial charge >= 0.3 is 6.18 Å². The number of carbonyl (C=O) groups excluding carboxylic acids is 1. The molecule has 2 aromatic carbocycles. The fourth-order valence-electron chi connectivity index (χ4n) is 1.90. The SMILES string of the molecule is N#CC(=Cc1ccccc1O)C(=O)Nc1cc(C(F)(F)F)ccc1Cl. The predicted molar refractivity (Wildman–Crippen MR) is 86.8 cm³/mol. The average molecular weight is 367 g/mol. The molecule has 2 N–H and O–H groups in total. The van der Waals surface area contributed by atoms with Crippen LogP contribution in [-0.2, 0) is 11.0 Å². The number of phenolic OH excluding ortho intramolecular Hbond substituents is 1. The van der Waals surface area contributed by atoms with Crippen molar-refractivity contribution in [3.05, 3.63) is 64.2 Å². The van der Waals surface area contributed by atoms with Crippen molar-refractivity contribution in [1.82, 2.24) is 0 Å². The number of alkyl halides is 3. The molecule has 0 atom stereocenters. The number of halogens is 4. The minimum Gasteiger partial charge on any atom is -0.507 e. The van der Waals surface area contributed by atoms with E-state index in [2.05, 4.69) is 5.32 Å².